The number of unbranched alkanes of at least 4 members (excludes halogenated alkanes) is 3. The van der Waals surface area contributed by atoms with Crippen LogP contribution in [0.15, 0.2) is 60.7 Å². The Morgan fingerprint density at radius 3 is 2.41 bits per heavy atom. The first-order valence-corrected chi connectivity index (χ1v) is 12.2. The first-order valence-electron chi connectivity index (χ1n) is 11.1. The number of carboxylic acid groups (broad SMARTS) is 2. The fraction of sp³-hybridized carbons (Fsp3) is 0.462. The molecule has 6 heteroatoms. The lowest BCUT2D eigenvalue weighted by atomic mass is 10.0. The third-order valence-electron chi connectivity index (χ3n) is 4.73. The van der Waals surface area contributed by atoms with Crippen LogP contribution in [-0.2, 0) is 4.79 Å². The summed E-state index contributed by atoms with van der Waals surface area (Å²) in [5.41, 5.74) is 0.607. The standard InChI is InChI=1S/C26H36O5S/c1-20(2)13-10-8-6-4-3-5-7-9-11-16-23(32-18-17-24(27)28)25(29)21-14-12-15-22(19-21)26(30)31/h7-12,14-16,19-20,23,25,29H,3-6,13,17-18H2,1-2H3,(H,27,28)(H,30,31)/b9-7-,10-8-,16-11+. The minimum Gasteiger partial charge on any atom is -0.481 e. The van der Waals surface area contributed by atoms with Crippen LogP contribution in [0.2, 0.25) is 0 Å². The molecule has 0 saturated carbocycles. The number of aliphatic carboxylic acids is 1. The number of thioether (sulfide) groups is 1. The van der Waals surface area contributed by atoms with Crippen molar-refractivity contribution in [2.45, 2.75) is 63.7 Å². The molecule has 1 aromatic carbocycles. The molecule has 0 spiro atoms. The van der Waals surface area contributed by atoms with Crippen molar-refractivity contribution < 1.29 is 24.9 Å². The fourth-order valence-corrected chi connectivity index (χ4v) is 4.04. The average molecular weight is 461 g/mol. The van der Waals surface area contributed by atoms with Crippen molar-refractivity contribution in [3.63, 3.8) is 0 Å². The Morgan fingerprint density at radius 1 is 1.03 bits per heavy atom. The summed E-state index contributed by atoms with van der Waals surface area (Å²) in [4.78, 5) is 22.1. The summed E-state index contributed by atoms with van der Waals surface area (Å²) in [5.74, 6) is -0.884. The second kappa shape index (κ2) is 16.3. The summed E-state index contributed by atoms with van der Waals surface area (Å²) in [6.07, 6.45) is 16.8. The number of benzene rings is 1. The Hall–Kier alpha value is -2.31. The van der Waals surface area contributed by atoms with Gasteiger partial charge in [-0.3, -0.25) is 4.79 Å². The van der Waals surface area contributed by atoms with E-state index in [-0.39, 0.29) is 17.2 Å². The number of rotatable bonds is 16. The van der Waals surface area contributed by atoms with Gasteiger partial charge in [-0.1, -0.05) is 62.4 Å². The van der Waals surface area contributed by atoms with Gasteiger partial charge in [-0.2, -0.15) is 11.8 Å². The molecule has 3 N–H and O–H groups in total. The number of hydrogen-bond donors (Lipinski definition) is 3. The van der Waals surface area contributed by atoms with Gasteiger partial charge < -0.3 is 15.3 Å². The summed E-state index contributed by atoms with van der Waals surface area (Å²) in [6, 6.07) is 6.21. The number of carbonyl (C=O) groups is 2. The number of carboxylic acids is 2. The zero-order valence-electron chi connectivity index (χ0n) is 19.0. The van der Waals surface area contributed by atoms with Gasteiger partial charge in [0.25, 0.3) is 0 Å². The zero-order chi connectivity index (χ0) is 23.8. The minimum absolute atomic E-state index is 0.00164. The van der Waals surface area contributed by atoms with Gasteiger partial charge in [-0.05, 0) is 55.7 Å². The van der Waals surface area contributed by atoms with Gasteiger partial charge in [0.1, 0.15) is 0 Å². The van der Waals surface area contributed by atoms with Gasteiger partial charge in [0.15, 0.2) is 0 Å². The predicted molar refractivity (Wildman–Crippen MR) is 132 cm³/mol. The van der Waals surface area contributed by atoms with Crippen LogP contribution in [0.5, 0.6) is 0 Å². The van der Waals surface area contributed by atoms with Crippen LogP contribution < -0.4 is 0 Å². The molecule has 0 radical (unpaired) electrons. The van der Waals surface area contributed by atoms with Gasteiger partial charge in [0, 0.05) is 5.75 Å². The van der Waals surface area contributed by atoms with Crippen LogP contribution in [0.1, 0.15) is 74.4 Å². The van der Waals surface area contributed by atoms with Crippen molar-refractivity contribution in [1.82, 2.24) is 0 Å². The maximum Gasteiger partial charge on any atom is 0.335 e. The lowest BCUT2D eigenvalue weighted by Gasteiger charge is -2.20. The second-order valence-electron chi connectivity index (χ2n) is 8.05. The molecule has 0 saturated heterocycles. The Morgan fingerprint density at radius 2 is 1.75 bits per heavy atom. The van der Waals surface area contributed by atoms with Crippen LogP contribution in [0.3, 0.4) is 0 Å². The number of hydrogen-bond acceptors (Lipinski definition) is 4. The van der Waals surface area contributed by atoms with Crippen molar-refractivity contribution in [2.24, 2.45) is 5.92 Å². The van der Waals surface area contributed by atoms with E-state index in [0.29, 0.717) is 17.2 Å². The Bertz CT molecular complexity index is 782. The highest BCUT2D eigenvalue weighted by atomic mass is 32.2. The van der Waals surface area contributed by atoms with E-state index in [1.165, 1.54) is 23.9 Å². The number of aromatic carboxylic acids is 1. The molecule has 2 atom stereocenters. The lowest BCUT2D eigenvalue weighted by molar-refractivity contribution is -0.136. The molecule has 1 aromatic rings. The van der Waals surface area contributed by atoms with Crippen LogP contribution >= 0.6 is 11.8 Å². The average Bonchev–Trinajstić information content (AvgIpc) is 2.75. The van der Waals surface area contributed by atoms with E-state index in [1.54, 1.807) is 12.1 Å². The quantitative estimate of drug-likeness (QED) is 0.153. The molecule has 32 heavy (non-hydrogen) atoms. The Kier molecular flexibility index (Phi) is 14.2. The molecule has 0 aliphatic carbocycles. The summed E-state index contributed by atoms with van der Waals surface area (Å²) in [5, 5.41) is 28.5. The van der Waals surface area contributed by atoms with E-state index in [2.05, 4.69) is 32.1 Å². The van der Waals surface area contributed by atoms with Crippen LogP contribution in [0.4, 0.5) is 0 Å². The lowest BCUT2D eigenvalue weighted by Crippen LogP contribution is -2.15. The van der Waals surface area contributed by atoms with Crippen molar-refractivity contribution in [3.05, 3.63) is 71.8 Å². The number of allylic oxidation sites excluding steroid dienone is 5. The molecule has 0 amide bonds. The largest absolute Gasteiger partial charge is 0.481 e. The van der Waals surface area contributed by atoms with E-state index in [4.69, 9.17) is 5.11 Å². The first-order chi connectivity index (χ1) is 15.3. The van der Waals surface area contributed by atoms with Gasteiger partial charge in [0.05, 0.1) is 23.3 Å². The van der Waals surface area contributed by atoms with Gasteiger partial charge in [-0.15, -0.1) is 0 Å². The zero-order valence-corrected chi connectivity index (χ0v) is 19.8. The molecule has 176 valence electrons. The van der Waals surface area contributed by atoms with E-state index in [0.717, 1.165) is 32.1 Å². The number of aliphatic hydroxyl groups excluding tert-OH is 1. The smallest absolute Gasteiger partial charge is 0.335 e. The molecule has 0 aliphatic heterocycles. The maximum absolute atomic E-state index is 11.2. The fourth-order valence-electron chi connectivity index (χ4n) is 2.94. The second-order valence-corrected chi connectivity index (χ2v) is 9.34. The van der Waals surface area contributed by atoms with Crippen LogP contribution in [0, 0.1) is 5.92 Å². The van der Waals surface area contributed by atoms with Gasteiger partial charge >= 0.3 is 11.9 Å². The molecular weight excluding hydrogens is 424 g/mol. The molecule has 0 bridgehead atoms. The summed E-state index contributed by atoms with van der Waals surface area (Å²) in [7, 11) is 0. The van der Waals surface area contributed by atoms with Gasteiger partial charge in [0.2, 0.25) is 0 Å². The molecule has 0 fully saturated rings. The van der Waals surface area contributed by atoms with Crippen molar-refractivity contribution in [1.29, 1.82) is 0 Å². The SMILES string of the molecule is CC(C)C/C=C\CCCC/C=C\C=C\C(SCCC(=O)O)C(O)c1cccc(C(=O)O)c1. The van der Waals surface area contributed by atoms with E-state index in [1.807, 2.05) is 18.2 Å². The highest BCUT2D eigenvalue weighted by molar-refractivity contribution is 8.00. The summed E-state index contributed by atoms with van der Waals surface area (Å²) in [6.45, 7) is 4.42. The topological polar surface area (TPSA) is 94.8 Å². The highest BCUT2D eigenvalue weighted by Crippen LogP contribution is 2.29. The van der Waals surface area contributed by atoms with Gasteiger partial charge in [-0.25, -0.2) is 4.79 Å². The predicted octanol–water partition coefficient (Wildman–Crippen LogP) is 6.27. The van der Waals surface area contributed by atoms with Crippen molar-refractivity contribution in [3.8, 4) is 0 Å². The molecule has 0 aromatic heterocycles. The molecule has 2 unspecified atom stereocenters. The molecule has 5 nitrogen and oxygen atoms in total. The van der Waals surface area contributed by atoms with E-state index >= 15 is 0 Å². The molecule has 0 aliphatic rings. The Labute approximate surface area is 195 Å². The third-order valence-corrected chi connectivity index (χ3v) is 5.97. The van der Waals surface area contributed by atoms with Crippen LogP contribution in [-0.4, -0.2) is 38.3 Å². The van der Waals surface area contributed by atoms with Crippen LogP contribution in [0.25, 0.3) is 0 Å². The number of aliphatic hydroxyl groups is 1. The summed E-state index contributed by atoms with van der Waals surface area (Å²) < 4.78 is 0. The molecule has 1 rings (SSSR count). The normalized spacial score (nSPS) is 14.0. The maximum atomic E-state index is 11.2. The van der Waals surface area contributed by atoms with Crippen molar-refractivity contribution in [2.75, 3.05) is 5.75 Å². The molecular formula is C26H36O5S. The first kappa shape index (κ1) is 27.7. The Balaban J connectivity index is 2.60. The molecule has 0 heterocycles. The summed E-state index contributed by atoms with van der Waals surface area (Å²) >= 11 is 1.34. The van der Waals surface area contributed by atoms with Crippen molar-refractivity contribution >= 4 is 23.7 Å². The third kappa shape index (κ3) is 12.5. The van der Waals surface area contributed by atoms with E-state index < -0.39 is 18.0 Å². The highest BCUT2D eigenvalue weighted by Gasteiger charge is 2.20. The minimum atomic E-state index is -1.05. The monoisotopic (exact) mass is 460 g/mol. The van der Waals surface area contributed by atoms with E-state index in [9.17, 15) is 19.8 Å².